The van der Waals surface area contributed by atoms with E-state index >= 15 is 0 Å². The molecule has 1 heterocycles. The van der Waals surface area contributed by atoms with Crippen LogP contribution in [0.4, 0.5) is 5.69 Å². The SMILES string of the molecule is Cc1nc(S(=O)(=O)NCCc2ccc(N)cc2)cn1C. The molecule has 2 rings (SSSR count). The molecule has 1 aromatic heterocycles. The Morgan fingerprint density at radius 3 is 2.50 bits per heavy atom. The number of anilines is 1. The van der Waals surface area contributed by atoms with Gasteiger partial charge in [0.05, 0.1) is 0 Å². The average molecular weight is 294 g/mol. The lowest BCUT2D eigenvalue weighted by Gasteiger charge is -2.04. The molecule has 2 aromatic rings. The zero-order chi connectivity index (χ0) is 14.8. The molecule has 0 saturated carbocycles. The van der Waals surface area contributed by atoms with E-state index < -0.39 is 10.0 Å². The molecule has 6 nitrogen and oxygen atoms in total. The van der Waals surface area contributed by atoms with Crippen LogP contribution in [-0.4, -0.2) is 24.5 Å². The topological polar surface area (TPSA) is 90.0 Å². The van der Waals surface area contributed by atoms with Gasteiger partial charge < -0.3 is 10.3 Å². The molecule has 0 unspecified atom stereocenters. The Hall–Kier alpha value is -1.86. The van der Waals surface area contributed by atoms with E-state index in [1.807, 2.05) is 12.1 Å². The summed E-state index contributed by atoms with van der Waals surface area (Å²) in [5.74, 6) is 0.656. The number of imidazole rings is 1. The van der Waals surface area contributed by atoms with Gasteiger partial charge in [-0.1, -0.05) is 12.1 Å². The largest absolute Gasteiger partial charge is 0.399 e. The number of hydrogen-bond acceptors (Lipinski definition) is 4. The van der Waals surface area contributed by atoms with Gasteiger partial charge in [-0.25, -0.2) is 18.1 Å². The van der Waals surface area contributed by atoms with Crippen LogP contribution in [0.25, 0.3) is 0 Å². The highest BCUT2D eigenvalue weighted by atomic mass is 32.2. The van der Waals surface area contributed by atoms with Gasteiger partial charge in [0.25, 0.3) is 10.0 Å². The van der Waals surface area contributed by atoms with Crippen molar-refractivity contribution in [3.63, 3.8) is 0 Å². The highest BCUT2D eigenvalue weighted by molar-refractivity contribution is 7.89. The van der Waals surface area contributed by atoms with Crippen molar-refractivity contribution in [3.05, 3.63) is 41.9 Å². The number of nitrogens with one attached hydrogen (secondary N) is 1. The third-order valence-electron chi connectivity index (χ3n) is 3.05. The molecule has 0 atom stereocenters. The maximum Gasteiger partial charge on any atom is 0.259 e. The zero-order valence-corrected chi connectivity index (χ0v) is 12.3. The summed E-state index contributed by atoms with van der Waals surface area (Å²) in [4.78, 5) is 4.02. The van der Waals surface area contributed by atoms with Crippen LogP contribution in [-0.2, 0) is 23.5 Å². The van der Waals surface area contributed by atoms with E-state index in [-0.39, 0.29) is 5.03 Å². The highest BCUT2D eigenvalue weighted by Crippen LogP contribution is 2.08. The fourth-order valence-corrected chi connectivity index (χ4v) is 2.81. The number of benzene rings is 1. The van der Waals surface area contributed by atoms with Gasteiger partial charge in [-0.3, -0.25) is 0 Å². The van der Waals surface area contributed by atoms with Crippen LogP contribution in [0.15, 0.2) is 35.5 Å². The zero-order valence-electron chi connectivity index (χ0n) is 11.5. The summed E-state index contributed by atoms with van der Waals surface area (Å²) in [6, 6.07) is 7.36. The monoisotopic (exact) mass is 294 g/mol. The van der Waals surface area contributed by atoms with Crippen molar-refractivity contribution < 1.29 is 8.42 Å². The molecule has 108 valence electrons. The predicted octanol–water partition coefficient (Wildman–Crippen LogP) is 0.832. The molecule has 20 heavy (non-hydrogen) atoms. The number of rotatable bonds is 5. The van der Waals surface area contributed by atoms with E-state index in [0.29, 0.717) is 24.5 Å². The Morgan fingerprint density at radius 2 is 1.95 bits per heavy atom. The molecule has 0 aliphatic rings. The lowest BCUT2D eigenvalue weighted by Crippen LogP contribution is -2.26. The minimum absolute atomic E-state index is 0.0507. The van der Waals surface area contributed by atoms with Crippen LogP contribution in [0.1, 0.15) is 11.4 Å². The molecule has 0 amide bonds. The molecule has 0 saturated heterocycles. The van der Waals surface area contributed by atoms with Crippen molar-refractivity contribution in [3.8, 4) is 0 Å². The van der Waals surface area contributed by atoms with Crippen molar-refractivity contribution in [2.75, 3.05) is 12.3 Å². The van der Waals surface area contributed by atoms with Gasteiger partial charge in [-0.05, 0) is 31.0 Å². The fraction of sp³-hybridized carbons (Fsp3) is 0.308. The van der Waals surface area contributed by atoms with E-state index in [0.717, 1.165) is 5.56 Å². The molecule has 0 fully saturated rings. The summed E-state index contributed by atoms with van der Waals surface area (Å²) in [7, 11) is -1.79. The molecule has 1 aromatic carbocycles. The average Bonchev–Trinajstić information content (AvgIpc) is 2.73. The Balaban J connectivity index is 1.97. The Morgan fingerprint density at radius 1 is 1.30 bits per heavy atom. The first-order valence-corrected chi connectivity index (χ1v) is 7.71. The summed E-state index contributed by atoms with van der Waals surface area (Å²) in [5, 5.41) is 0.0507. The van der Waals surface area contributed by atoms with Crippen LogP contribution in [0.5, 0.6) is 0 Å². The van der Waals surface area contributed by atoms with Crippen LogP contribution < -0.4 is 10.5 Å². The molecule has 0 aliphatic heterocycles. The van der Waals surface area contributed by atoms with E-state index in [1.54, 1.807) is 30.7 Å². The lowest BCUT2D eigenvalue weighted by molar-refractivity contribution is 0.578. The number of aryl methyl sites for hydroxylation is 2. The Labute approximate surface area is 118 Å². The fourth-order valence-electron chi connectivity index (χ4n) is 1.74. The molecular weight excluding hydrogens is 276 g/mol. The van der Waals surface area contributed by atoms with Gasteiger partial charge in [-0.15, -0.1) is 0 Å². The van der Waals surface area contributed by atoms with Gasteiger partial charge in [0.15, 0.2) is 5.03 Å². The summed E-state index contributed by atoms with van der Waals surface area (Å²) in [6.07, 6.45) is 2.10. The Kier molecular flexibility index (Phi) is 4.10. The molecule has 7 heteroatoms. The first-order chi connectivity index (χ1) is 9.38. The van der Waals surface area contributed by atoms with E-state index in [9.17, 15) is 8.42 Å². The second-order valence-corrected chi connectivity index (χ2v) is 6.34. The molecule has 0 aliphatic carbocycles. The molecule has 0 spiro atoms. The normalized spacial score (nSPS) is 11.7. The van der Waals surface area contributed by atoms with E-state index in [2.05, 4.69) is 9.71 Å². The van der Waals surface area contributed by atoms with Crippen LogP contribution in [0.3, 0.4) is 0 Å². The quantitative estimate of drug-likeness (QED) is 0.799. The van der Waals surface area contributed by atoms with E-state index in [4.69, 9.17) is 5.73 Å². The number of aromatic nitrogens is 2. The minimum Gasteiger partial charge on any atom is -0.399 e. The predicted molar refractivity (Wildman–Crippen MR) is 77.7 cm³/mol. The van der Waals surface area contributed by atoms with Crippen LogP contribution in [0.2, 0.25) is 0 Å². The molecular formula is C13H18N4O2S. The number of nitrogen functional groups attached to an aromatic ring is 1. The smallest absolute Gasteiger partial charge is 0.259 e. The number of hydrogen-bond donors (Lipinski definition) is 2. The Bertz CT molecular complexity index is 670. The number of nitrogens with two attached hydrogens (primary N) is 1. The van der Waals surface area contributed by atoms with Gasteiger partial charge in [0.1, 0.15) is 5.82 Å². The van der Waals surface area contributed by atoms with Gasteiger partial charge in [-0.2, -0.15) is 0 Å². The third-order valence-corrected chi connectivity index (χ3v) is 4.38. The second-order valence-electron chi connectivity index (χ2n) is 4.63. The maximum absolute atomic E-state index is 12.0. The number of sulfonamides is 1. The first-order valence-electron chi connectivity index (χ1n) is 6.22. The van der Waals surface area contributed by atoms with Crippen molar-refractivity contribution >= 4 is 15.7 Å². The lowest BCUT2D eigenvalue weighted by atomic mass is 10.1. The molecule has 3 N–H and O–H groups in total. The second kappa shape index (κ2) is 5.64. The maximum atomic E-state index is 12.0. The standard InChI is InChI=1S/C13H18N4O2S/c1-10-16-13(9-17(10)2)20(18,19)15-8-7-11-3-5-12(14)6-4-11/h3-6,9,15H,7-8,14H2,1-2H3. The highest BCUT2D eigenvalue weighted by Gasteiger charge is 2.17. The summed E-state index contributed by atoms with van der Waals surface area (Å²) in [5.41, 5.74) is 7.31. The van der Waals surface area contributed by atoms with Gasteiger partial charge in [0, 0.05) is 25.5 Å². The van der Waals surface area contributed by atoms with Gasteiger partial charge in [0.2, 0.25) is 0 Å². The minimum atomic E-state index is -3.55. The third kappa shape index (κ3) is 3.37. The van der Waals surface area contributed by atoms with Crippen molar-refractivity contribution in [2.45, 2.75) is 18.4 Å². The van der Waals surface area contributed by atoms with Crippen molar-refractivity contribution in [2.24, 2.45) is 7.05 Å². The molecule has 0 radical (unpaired) electrons. The first kappa shape index (κ1) is 14.5. The van der Waals surface area contributed by atoms with Crippen LogP contribution in [0, 0.1) is 6.92 Å². The van der Waals surface area contributed by atoms with E-state index in [1.165, 1.54) is 6.20 Å². The summed E-state index contributed by atoms with van der Waals surface area (Å²) in [6.45, 7) is 2.08. The van der Waals surface area contributed by atoms with Gasteiger partial charge >= 0.3 is 0 Å². The number of nitrogens with zero attached hydrogens (tertiary/aromatic N) is 2. The summed E-state index contributed by atoms with van der Waals surface area (Å²) >= 11 is 0. The van der Waals surface area contributed by atoms with Crippen molar-refractivity contribution in [1.29, 1.82) is 0 Å². The molecule has 0 bridgehead atoms. The van der Waals surface area contributed by atoms with Crippen LogP contribution >= 0.6 is 0 Å². The van der Waals surface area contributed by atoms with Crippen molar-refractivity contribution in [1.82, 2.24) is 14.3 Å². The summed E-state index contributed by atoms with van der Waals surface area (Å²) < 4.78 is 28.3.